The van der Waals surface area contributed by atoms with Crippen LogP contribution in [0.2, 0.25) is 5.02 Å². The highest BCUT2D eigenvalue weighted by Gasteiger charge is 2.30. The molecule has 160 valence electrons. The molecule has 0 unspecified atom stereocenters. The molecule has 1 saturated carbocycles. The maximum absolute atomic E-state index is 13.4. The third-order valence-electron chi connectivity index (χ3n) is 5.93. The maximum Gasteiger partial charge on any atom is 0.243 e. The molecule has 1 atom stereocenters. The van der Waals surface area contributed by atoms with Gasteiger partial charge in [0.25, 0.3) is 0 Å². The van der Waals surface area contributed by atoms with E-state index in [1.54, 1.807) is 11.0 Å². The molecule has 1 N–H and O–H groups in total. The third kappa shape index (κ3) is 5.85. The van der Waals surface area contributed by atoms with Crippen LogP contribution < -0.4 is 5.32 Å². The summed E-state index contributed by atoms with van der Waals surface area (Å²) in [5.41, 5.74) is 3.03. The van der Waals surface area contributed by atoms with Crippen molar-refractivity contribution < 1.29 is 9.59 Å². The van der Waals surface area contributed by atoms with Crippen LogP contribution in [0, 0.1) is 6.92 Å². The summed E-state index contributed by atoms with van der Waals surface area (Å²) in [4.78, 5) is 28.3. The van der Waals surface area contributed by atoms with Gasteiger partial charge in [0, 0.05) is 17.6 Å². The fourth-order valence-electron chi connectivity index (χ4n) is 4.18. The Labute approximate surface area is 184 Å². The van der Waals surface area contributed by atoms with Crippen LogP contribution in [0.1, 0.15) is 55.7 Å². The summed E-state index contributed by atoms with van der Waals surface area (Å²) < 4.78 is 0. The number of rotatable bonds is 8. The van der Waals surface area contributed by atoms with E-state index in [1.807, 2.05) is 56.3 Å². The highest BCUT2D eigenvalue weighted by molar-refractivity contribution is 6.30. The largest absolute Gasteiger partial charge is 0.352 e. The molecule has 2 amide bonds. The summed E-state index contributed by atoms with van der Waals surface area (Å²) in [6.07, 6.45) is 5.16. The van der Waals surface area contributed by atoms with Crippen LogP contribution in [-0.4, -0.2) is 28.8 Å². The molecule has 1 aliphatic carbocycles. The molecular formula is C25H31ClN2O2. The van der Waals surface area contributed by atoms with E-state index in [9.17, 15) is 9.59 Å². The smallest absolute Gasteiger partial charge is 0.243 e. The molecular weight excluding hydrogens is 396 g/mol. The van der Waals surface area contributed by atoms with Crippen LogP contribution in [0.3, 0.4) is 0 Å². The number of amides is 2. The van der Waals surface area contributed by atoms with Gasteiger partial charge in [-0.3, -0.25) is 9.59 Å². The number of nitrogens with one attached hydrogen (secondary N) is 1. The number of hydrogen-bond donors (Lipinski definition) is 1. The number of halogens is 1. The number of carbonyl (C=O) groups is 2. The van der Waals surface area contributed by atoms with Crippen LogP contribution in [0.15, 0.2) is 48.5 Å². The maximum atomic E-state index is 13.4. The summed E-state index contributed by atoms with van der Waals surface area (Å²) in [7, 11) is 0. The normalized spacial score (nSPS) is 15.0. The predicted molar refractivity (Wildman–Crippen MR) is 121 cm³/mol. The van der Waals surface area contributed by atoms with Crippen LogP contribution in [0.4, 0.5) is 0 Å². The molecule has 0 aromatic heterocycles. The molecule has 1 aliphatic rings. The first kappa shape index (κ1) is 22.4. The van der Waals surface area contributed by atoms with Gasteiger partial charge >= 0.3 is 0 Å². The van der Waals surface area contributed by atoms with E-state index in [4.69, 9.17) is 11.6 Å². The highest BCUT2D eigenvalue weighted by atomic mass is 35.5. The van der Waals surface area contributed by atoms with Crippen molar-refractivity contribution in [3.63, 3.8) is 0 Å². The second-order valence-corrected chi connectivity index (χ2v) is 8.61. The van der Waals surface area contributed by atoms with Gasteiger partial charge in [-0.2, -0.15) is 0 Å². The first-order valence-electron chi connectivity index (χ1n) is 10.9. The van der Waals surface area contributed by atoms with Gasteiger partial charge in [-0.15, -0.1) is 0 Å². The van der Waals surface area contributed by atoms with E-state index < -0.39 is 6.04 Å². The lowest BCUT2D eigenvalue weighted by Gasteiger charge is -2.32. The van der Waals surface area contributed by atoms with E-state index in [0.717, 1.165) is 42.4 Å². The van der Waals surface area contributed by atoms with Crippen molar-refractivity contribution in [2.75, 3.05) is 0 Å². The lowest BCUT2D eigenvalue weighted by Crippen LogP contribution is -2.51. The van der Waals surface area contributed by atoms with Gasteiger partial charge in [0.05, 0.1) is 6.42 Å². The Morgan fingerprint density at radius 2 is 1.87 bits per heavy atom. The Hall–Kier alpha value is -2.33. The Balaban J connectivity index is 1.83. The minimum atomic E-state index is -0.489. The third-order valence-corrected chi connectivity index (χ3v) is 6.17. The summed E-state index contributed by atoms with van der Waals surface area (Å²) >= 11 is 6.10. The Morgan fingerprint density at radius 1 is 1.13 bits per heavy atom. The molecule has 0 heterocycles. The molecule has 1 fully saturated rings. The molecule has 0 radical (unpaired) electrons. The highest BCUT2D eigenvalue weighted by Crippen LogP contribution is 2.21. The van der Waals surface area contributed by atoms with Crippen molar-refractivity contribution in [1.29, 1.82) is 0 Å². The van der Waals surface area contributed by atoms with E-state index in [2.05, 4.69) is 5.32 Å². The van der Waals surface area contributed by atoms with Crippen LogP contribution in [0.25, 0.3) is 0 Å². The summed E-state index contributed by atoms with van der Waals surface area (Å²) in [5, 5.41) is 3.79. The van der Waals surface area contributed by atoms with Gasteiger partial charge in [-0.05, 0) is 55.0 Å². The Kier molecular flexibility index (Phi) is 7.92. The lowest BCUT2D eigenvalue weighted by atomic mass is 10.0. The SMILES string of the molecule is CC[C@@H](C(=O)NC1CCCC1)N(Cc1ccccc1C)C(=O)Cc1cccc(Cl)c1. The zero-order chi connectivity index (χ0) is 21.5. The first-order chi connectivity index (χ1) is 14.5. The van der Waals surface area contributed by atoms with Crippen molar-refractivity contribution in [1.82, 2.24) is 10.2 Å². The number of carbonyl (C=O) groups excluding carboxylic acids is 2. The van der Waals surface area contributed by atoms with Crippen molar-refractivity contribution in [2.24, 2.45) is 0 Å². The number of hydrogen-bond acceptors (Lipinski definition) is 2. The molecule has 2 aromatic rings. The Morgan fingerprint density at radius 3 is 2.53 bits per heavy atom. The quantitative estimate of drug-likeness (QED) is 0.641. The van der Waals surface area contributed by atoms with Gasteiger partial charge in [-0.25, -0.2) is 0 Å². The fourth-order valence-corrected chi connectivity index (χ4v) is 4.39. The number of benzene rings is 2. The van der Waals surface area contributed by atoms with E-state index in [0.29, 0.717) is 18.0 Å². The van der Waals surface area contributed by atoms with Crippen LogP contribution in [0.5, 0.6) is 0 Å². The zero-order valence-electron chi connectivity index (χ0n) is 17.9. The van der Waals surface area contributed by atoms with Crippen LogP contribution >= 0.6 is 11.6 Å². The summed E-state index contributed by atoms with van der Waals surface area (Å²) in [6, 6.07) is 15.1. The Bertz CT molecular complexity index is 877. The van der Waals surface area contributed by atoms with Crippen LogP contribution in [-0.2, 0) is 22.6 Å². The molecule has 0 saturated heterocycles. The molecule has 0 spiro atoms. The van der Waals surface area contributed by atoms with Gasteiger partial charge < -0.3 is 10.2 Å². The van der Waals surface area contributed by atoms with E-state index in [1.165, 1.54) is 0 Å². The molecule has 3 rings (SSSR count). The van der Waals surface area contributed by atoms with Crippen molar-refractivity contribution in [2.45, 2.75) is 71.0 Å². The zero-order valence-corrected chi connectivity index (χ0v) is 18.6. The minimum absolute atomic E-state index is 0.0440. The van der Waals surface area contributed by atoms with Gasteiger partial charge in [-0.1, -0.05) is 67.8 Å². The molecule has 0 aliphatic heterocycles. The lowest BCUT2D eigenvalue weighted by molar-refractivity contribution is -0.141. The van der Waals surface area contributed by atoms with Gasteiger partial charge in [0.2, 0.25) is 11.8 Å². The minimum Gasteiger partial charge on any atom is -0.352 e. The van der Waals surface area contributed by atoms with E-state index >= 15 is 0 Å². The topological polar surface area (TPSA) is 49.4 Å². The van der Waals surface area contributed by atoms with Crippen molar-refractivity contribution in [3.05, 3.63) is 70.2 Å². The molecule has 2 aromatic carbocycles. The number of nitrogens with zero attached hydrogens (tertiary/aromatic N) is 1. The van der Waals surface area contributed by atoms with Gasteiger partial charge in [0.1, 0.15) is 6.04 Å². The average Bonchev–Trinajstić information content (AvgIpc) is 3.22. The molecule has 0 bridgehead atoms. The summed E-state index contributed by atoms with van der Waals surface area (Å²) in [5.74, 6) is -0.105. The van der Waals surface area contributed by atoms with Crippen molar-refractivity contribution >= 4 is 23.4 Å². The summed E-state index contributed by atoms with van der Waals surface area (Å²) in [6.45, 7) is 4.42. The standard InChI is InChI=1S/C25H31ClN2O2/c1-3-23(25(30)27-22-13-6-7-14-22)28(17-20-11-5-4-9-18(20)2)24(29)16-19-10-8-12-21(26)15-19/h4-5,8-12,15,22-23H,3,6-7,13-14,16-17H2,1-2H3,(H,27,30)/t23-/m0/s1. The second-order valence-electron chi connectivity index (χ2n) is 8.17. The molecule has 5 heteroatoms. The first-order valence-corrected chi connectivity index (χ1v) is 11.2. The average molecular weight is 427 g/mol. The predicted octanol–water partition coefficient (Wildman–Crippen LogP) is 5.06. The van der Waals surface area contributed by atoms with E-state index in [-0.39, 0.29) is 24.3 Å². The second kappa shape index (κ2) is 10.6. The molecule has 30 heavy (non-hydrogen) atoms. The number of aryl methyl sites for hydroxylation is 1. The van der Waals surface area contributed by atoms with Gasteiger partial charge in [0.15, 0.2) is 0 Å². The molecule has 4 nitrogen and oxygen atoms in total. The monoisotopic (exact) mass is 426 g/mol. The van der Waals surface area contributed by atoms with Crippen molar-refractivity contribution in [3.8, 4) is 0 Å². The fraction of sp³-hybridized carbons (Fsp3) is 0.440.